The molecule has 0 aromatic heterocycles. The average molecular weight is 244 g/mol. The van der Waals surface area contributed by atoms with Gasteiger partial charge in [-0.3, -0.25) is 9.09 Å². The van der Waals surface area contributed by atoms with Crippen LogP contribution in [0.5, 0.6) is 0 Å². The molecule has 0 saturated heterocycles. The van der Waals surface area contributed by atoms with Crippen molar-refractivity contribution in [3.63, 3.8) is 0 Å². The van der Waals surface area contributed by atoms with Crippen molar-refractivity contribution in [3.05, 3.63) is 0 Å². The zero-order chi connectivity index (χ0) is 8.85. The van der Waals surface area contributed by atoms with Crippen LogP contribution in [0.15, 0.2) is 0 Å². The summed E-state index contributed by atoms with van der Waals surface area (Å²) in [7, 11) is -6.43. The SMILES string of the molecule is CC(O[PH](=O)[O-])O[PH](=O)OO.[K+]. The summed E-state index contributed by atoms with van der Waals surface area (Å²) in [4.78, 5) is 9.86. The third-order valence-electron chi connectivity index (χ3n) is 0.599. The average Bonchev–Trinajstić information content (AvgIpc) is 1.85. The smallest absolute Gasteiger partial charge is 0.781 e. The first-order valence-electron chi connectivity index (χ1n) is 2.46. The second kappa shape index (κ2) is 9.45. The van der Waals surface area contributed by atoms with Gasteiger partial charge in [0.1, 0.15) is 8.25 Å². The molecule has 0 rings (SSSR count). The fourth-order valence-corrected chi connectivity index (χ4v) is 1.09. The Hall–Kier alpha value is 1.90. The summed E-state index contributed by atoms with van der Waals surface area (Å²) in [6.45, 7) is 1.20. The number of rotatable bonds is 5. The molecule has 0 aromatic rings. The van der Waals surface area contributed by atoms with Crippen LogP contribution in [0.1, 0.15) is 6.92 Å². The van der Waals surface area contributed by atoms with Crippen LogP contribution in [0.2, 0.25) is 0 Å². The summed E-state index contributed by atoms with van der Waals surface area (Å²) >= 11 is 0. The molecule has 0 fully saturated rings. The van der Waals surface area contributed by atoms with E-state index in [2.05, 4.69) is 13.7 Å². The molecule has 10 heteroatoms. The predicted molar refractivity (Wildman–Crippen MR) is 33.3 cm³/mol. The van der Waals surface area contributed by atoms with E-state index in [-0.39, 0.29) is 51.4 Å². The molecule has 0 aromatic carbocycles. The molecular weight excluding hydrogens is 237 g/mol. The fraction of sp³-hybridized carbons (Fsp3) is 1.00. The topological polar surface area (TPSA) is 105 Å². The van der Waals surface area contributed by atoms with Crippen LogP contribution < -0.4 is 56.3 Å². The van der Waals surface area contributed by atoms with Gasteiger partial charge in [-0.1, -0.05) is 0 Å². The summed E-state index contributed by atoms with van der Waals surface area (Å²) in [6.07, 6.45) is -1.21. The Balaban J connectivity index is 0. The van der Waals surface area contributed by atoms with Crippen molar-refractivity contribution in [1.82, 2.24) is 0 Å². The van der Waals surface area contributed by atoms with E-state index in [4.69, 9.17) is 5.26 Å². The van der Waals surface area contributed by atoms with Gasteiger partial charge in [0.15, 0.2) is 6.29 Å². The van der Waals surface area contributed by atoms with E-state index >= 15 is 0 Å². The first-order chi connectivity index (χ1) is 5.06. The second-order valence-electron chi connectivity index (χ2n) is 1.39. The maximum atomic E-state index is 10.2. The van der Waals surface area contributed by atoms with Crippen LogP contribution in [0, 0.1) is 0 Å². The van der Waals surface area contributed by atoms with Crippen LogP contribution in [-0.2, 0) is 22.9 Å². The van der Waals surface area contributed by atoms with Crippen LogP contribution >= 0.6 is 16.5 Å². The van der Waals surface area contributed by atoms with Crippen molar-refractivity contribution in [2.75, 3.05) is 0 Å². The van der Waals surface area contributed by atoms with Crippen molar-refractivity contribution in [2.24, 2.45) is 0 Å². The van der Waals surface area contributed by atoms with Crippen molar-refractivity contribution in [2.45, 2.75) is 13.2 Å². The van der Waals surface area contributed by atoms with Crippen molar-refractivity contribution < 1.29 is 84.4 Å². The summed E-state index contributed by atoms with van der Waals surface area (Å²) in [5.41, 5.74) is 0. The second-order valence-corrected chi connectivity index (χ2v) is 3.05. The molecule has 0 spiro atoms. The molecule has 0 amide bonds. The molecular formula is C2H7KO7P2. The molecule has 0 saturated carbocycles. The van der Waals surface area contributed by atoms with Crippen LogP contribution in [-0.4, -0.2) is 11.5 Å². The Morgan fingerprint density at radius 1 is 1.42 bits per heavy atom. The quantitative estimate of drug-likeness (QED) is 0.180. The van der Waals surface area contributed by atoms with Gasteiger partial charge in [-0.2, -0.15) is 4.67 Å². The van der Waals surface area contributed by atoms with Crippen molar-refractivity contribution in [1.29, 1.82) is 0 Å². The normalized spacial score (nSPS) is 17.6. The Morgan fingerprint density at radius 3 is 2.25 bits per heavy atom. The van der Waals surface area contributed by atoms with Gasteiger partial charge in [0.05, 0.1) is 0 Å². The molecule has 0 aliphatic heterocycles. The van der Waals surface area contributed by atoms with E-state index in [0.717, 1.165) is 0 Å². The molecule has 0 bridgehead atoms. The third kappa shape index (κ3) is 9.98. The summed E-state index contributed by atoms with van der Waals surface area (Å²) in [6, 6.07) is 0. The summed E-state index contributed by atoms with van der Waals surface area (Å²) in [5, 5.41) is 7.72. The Labute approximate surface area is 113 Å². The van der Waals surface area contributed by atoms with E-state index in [0.29, 0.717) is 0 Å². The predicted octanol–water partition coefficient (Wildman–Crippen LogP) is -3.00. The first kappa shape index (κ1) is 16.3. The van der Waals surface area contributed by atoms with Gasteiger partial charge in [-0.05, 0) is 6.92 Å². The van der Waals surface area contributed by atoms with Gasteiger partial charge in [0.25, 0.3) is 0 Å². The third-order valence-corrected chi connectivity index (χ3v) is 1.80. The largest absolute Gasteiger partial charge is 1.00 e. The first-order valence-corrected chi connectivity index (χ1v) is 4.91. The number of hydrogen-bond acceptors (Lipinski definition) is 7. The van der Waals surface area contributed by atoms with E-state index in [1.54, 1.807) is 0 Å². The van der Waals surface area contributed by atoms with Crippen molar-refractivity contribution >= 4 is 16.5 Å². The van der Waals surface area contributed by atoms with Crippen molar-refractivity contribution in [3.8, 4) is 0 Å². The molecule has 0 radical (unpaired) electrons. The zero-order valence-electron chi connectivity index (χ0n) is 6.47. The van der Waals surface area contributed by atoms with Gasteiger partial charge in [-0.15, -0.1) is 0 Å². The maximum absolute atomic E-state index is 10.2. The van der Waals surface area contributed by atoms with Crippen LogP contribution in [0.25, 0.3) is 0 Å². The monoisotopic (exact) mass is 244 g/mol. The van der Waals surface area contributed by atoms with Gasteiger partial charge in [-0.25, -0.2) is 5.26 Å². The minimum absolute atomic E-state index is 0. The Kier molecular flexibility index (Phi) is 12.9. The minimum Gasteiger partial charge on any atom is -0.781 e. The molecule has 3 unspecified atom stereocenters. The van der Waals surface area contributed by atoms with Gasteiger partial charge in [0, 0.05) is 0 Å². The molecule has 7 nitrogen and oxygen atoms in total. The molecule has 0 heterocycles. The van der Waals surface area contributed by atoms with Crippen LogP contribution in [0.4, 0.5) is 0 Å². The molecule has 3 atom stereocenters. The minimum atomic E-state index is -3.37. The zero-order valence-corrected chi connectivity index (χ0v) is 11.6. The molecule has 1 N–H and O–H groups in total. The molecule has 0 aliphatic rings. The van der Waals surface area contributed by atoms with E-state index in [9.17, 15) is 14.0 Å². The molecule has 68 valence electrons. The summed E-state index contributed by atoms with van der Waals surface area (Å²) in [5.74, 6) is 0. The Morgan fingerprint density at radius 2 is 1.92 bits per heavy atom. The molecule has 12 heavy (non-hydrogen) atoms. The van der Waals surface area contributed by atoms with Crippen LogP contribution in [0.3, 0.4) is 0 Å². The Bertz CT molecular complexity index is 161. The van der Waals surface area contributed by atoms with Gasteiger partial charge in [0.2, 0.25) is 0 Å². The number of hydrogen-bond donors (Lipinski definition) is 1. The van der Waals surface area contributed by atoms with E-state index < -0.39 is 22.8 Å². The maximum Gasteiger partial charge on any atom is 1.00 e. The van der Waals surface area contributed by atoms with Gasteiger partial charge >= 0.3 is 59.6 Å². The standard InChI is InChI=1S/C2H8O7P2.K/c1-2(7-10(4)5)8-11(6)9-3;/h2-3,10-11H,1H3,(H,4,5);/q;+1/p-1. The fourth-order valence-electron chi connectivity index (χ4n) is 0.317. The molecule has 0 aliphatic carbocycles. The van der Waals surface area contributed by atoms with E-state index in [1.807, 2.05) is 0 Å². The van der Waals surface area contributed by atoms with Gasteiger partial charge < -0.3 is 14.0 Å². The summed E-state index contributed by atoms with van der Waals surface area (Å²) < 4.78 is 31.5. The van der Waals surface area contributed by atoms with E-state index in [1.165, 1.54) is 6.92 Å².